The van der Waals surface area contributed by atoms with E-state index in [4.69, 9.17) is 0 Å². The SMILES string of the molecule is CCCCC(=O)NC(=O)NCCSSCC(=O)NC(=O)NCCCC(C)C. The van der Waals surface area contributed by atoms with Crippen LogP contribution in [0.4, 0.5) is 9.59 Å². The molecular weight excluding hydrogens is 388 g/mol. The van der Waals surface area contributed by atoms with Crippen LogP contribution in [-0.2, 0) is 9.59 Å². The van der Waals surface area contributed by atoms with Crippen LogP contribution in [0.25, 0.3) is 0 Å². The predicted octanol–water partition coefficient (Wildman–Crippen LogP) is 2.65. The van der Waals surface area contributed by atoms with Gasteiger partial charge in [0.1, 0.15) is 0 Å². The van der Waals surface area contributed by atoms with Crippen molar-refractivity contribution in [2.75, 3.05) is 24.6 Å². The van der Waals surface area contributed by atoms with E-state index in [9.17, 15) is 19.2 Å². The van der Waals surface area contributed by atoms with Gasteiger partial charge in [0.15, 0.2) is 0 Å². The molecule has 0 saturated carbocycles. The average Bonchev–Trinajstić information content (AvgIpc) is 2.59. The summed E-state index contributed by atoms with van der Waals surface area (Å²) in [5, 5.41) is 9.76. The third-order valence-electron chi connectivity index (χ3n) is 3.25. The Kier molecular flexibility index (Phi) is 15.9. The van der Waals surface area contributed by atoms with Crippen molar-refractivity contribution < 1.29 is 19.2 Å². The van der Waals surface area contributed by atoms with Crippen LogP contribution in [0.1, 0.15) is 52.9 Å². The number of rotatable bonds is 13. The molecule has 0 radical (unpaired) electrons. The molecule has 0 fully saturated rings. The summed E-state index contributed by atoms with van der Waals surface area (Å²) >= 11 is 0. The average molecular weight is 421 g/mol. The molecule has 0 aromatic carbocycles. The van der Waals surface area contributed by atoms with E-state index in [2.05, 4.69) is 35.1 Å². The number of carbonyl (C=O) groups excluding carboxylic acids is 4. The maximum atomic E-state index is 11.6. The Labute approximate surface area is 169 Å². The van der Waals surface area contributed by atoms with Crippen LogP contribution in [0.5, 0.6) is 0 Å². The minimum absolute atomic E-state index is 0.145. The molecule has 0 rings (SSSR count). The van der Waals surface area contributed by atoms with Gasteiger partial charge < -0.3 is 10.6 Å². The number of hydrogen-bond donors (Lipinski definition) is 4. The van der Waals surface area contributed by atoms with Gasteiger partial charge in [-0.15, -0.1) is 0 Å². The molecule has 0 aliphatic heterocycles. The van der Waals surface area contributed by atoms with Gasteiger partial charge >= 0.3 is 12.1 Å². The summed E-state index contributed by atoms with van der Waals surface area (Å²) in [6.07, 6.45) is 3.91. The van der Waals surface area contributed by atoms with Crippen molar-refractivity contribution in [1.82, 2.24) is 21.3 Å². The standard InChI is InChI=1S/C17H32N4O4S2/c1-4-5-8-14(22)20-17(25)19-10-11-26-27-12-15(23)21-16(24)18-9-6-7-13(2)3/h13H,4-12H2,1-3H3,(H2,18,21,23,24)(H2,19,20,22,25). The normalized spacial score (nSPS) is 10.4. The zero-order chi connectivity index (χ0) is 20.5. The fourth-order valence-electron chi connectivity index (χ4n) is 1.85. The summed E-state index contributed by atoms with van der Waals surface area (Å²) in [4.78, 5) is 46.0. The predicted molar refractivity (Wildman–Crippen MR) is 112 cm³/mol. The molecule has 0 aliphatic rings. The molecule has 8 nitrogen and oxygen atoms in total. The molecule has 0 spiro atoms. The Balaban J connectivity index is 3.58. The highest BCUT2D eigenvalue weighted by Gasteiger charge is 2.08. The second-order valence-corrected chi connectivity index (χ2v) is 8.91. The van der Waals surface area contributed by atoms with Crippen molar-refractivity contribution in [2.24, 2.45) is 5.92 Å². The highest BCUT2D eigenvalue weighted by Crippen LogP contribution is 2.19. The van der Waals surface area contributed by atoms with Gasteiger partial charge in [0.25, 0.3) is 0 Å². The lowest BCUT2D eigenvalue weighted by Crippen LogP contribution is -2.40. The smallest absolute Gasteiger partial charge is 0.321 e. The molecule has 27 heavy (non-hydrogen) atoms. The van der Waals surface area contributed by atoms with Crippen molar-refractivity contribution in [2.45, 2.75) is 52.9 Å². The lowest BCUT2D eigenvalue weighted by molar-refractivity contribution is -0.120. The lowest BCUT2D eigenvalue weighted by Gasteiger charge is -2.08. The number of hydrogen-bond acceptors (Lipinski definition) is 6. The van der Waals surface area contributed by atoms with Gasteiger partial charge in [0.2, 0.25) is 11.8 Å². The van der Waals surface area contributed by atoms with Gasteiger partial charge in [-0.3, -0.25) is 20.2 Å². The highest BCUT2D eigenvalue weighted by molar-refractivity contribution is 8.76. The van der Waals surface area contributed by atoms with Crippen LogP contribution in [0.15, 0.2) is 0 Å². The lowest BCUT2D eigenvalue weighted by atomic mass is 10.1. The highest BCUT2D eigenvalue weighted by atomic mass is 33.1. The van der Waals surface area contributed by atoms with E-state index in [1.807, 2.05) is 6.92 Å². The zero-order valence-electron chi connectivity index (χ0n) is 16.4. The van der Waals surface area contributed by atoms with E-state index >= 15 is 0 Å². The molecule has 0 aromatic rings. The Morgan fingerprint density at radius 3 is 2.11 bits per heavy atom. The van der Waals surface area contributed by atoms with Gasteiger partial charge in [-0.25, -0.2) is 9.59 Å². The third-order valence-corrected chi connectivity index (χ3v) is 5.52. The quantitative estimate of drug-likeness (QED) is 0.269. The number of amides is 6. The summed E-state index contributed by atoms with van der Waals surface area (Å²) in [6, 6.07) is -0.978. The summed E-state index contributed by atoms with van der Waals surface area (Å²) in [5.74, 6) is 0.672. The Hall–Kier alpha value is -1.42. The second-order valence-electron chi connectivity index (χ2n) is 6.33. The minimum atomic E-state index is -0.506. The topological polar surface area (TPSA) is 116 Å². The summed E-state index contributed by atoms with van der Waals surface area (Å²) in [5.41, 5.74) is 0. The number of unbranched alkanes of at least 4 members (excludes halogenated alkanes) is 1. The van der Waals surface area contributed by atoms with Gasteiger partial charge in [-0.05, 0) is 25.2 Å². The molecule has 10 heteroatoms. The van der Waals surface area contributed by atoms with E-state index < -0.39 is 12.1 Å². The molecule has 6 amide bonds. The first-order valence-corrected chi connectivity index (χ1v) is 11.7. The maximum Gasteiger partial charge on any atom is 0.321 e. The number of urea groups is 2. The van der Waals surface area contributed by atoms with Crippen LogP contribution in [0.3, 0.4) is 0 Å². The maximum absolute atomic E-state index is 11.6. The fourth-order valence-corrected chi connectivity index (χ4v) is 3.59. The van der Waals surface area contributed by atoms with Crippen LogP contribution in [0, 0.1) is 5.92 Å². The van der Waals surface area contributed by atoms with Crippen molar-refractivity contribution in [3.8, 4) is 0 Å². The first-order valence-electron chi connectivity index (χ1n) is 9.24. The van der Waals surface area contributed by atoms with E-state index in [-0.39, 0.29) is 17.6 Å². The van der Waals surface area contributed by atoms with Gasteiger partial charge in [-0.2, -0.15) is 0 Å². The molecular formula is C17H32N4O4S2. The molecule has 0 unspecified atom stereocenters. The van der Waals surface area contributed by atoms with E-state index in [1.54, 1.807) is 0 Å². The Morgan fingerprint density at radius 1 is 0.852 bits per heavy atom. The van der Waals surface area contributed by atoms with Crippen molar-refractivity contribution in [3.05, 3.63) is 0 Å². The van der Waals surface area contributed by atoms with Crippen molar-refractivity contribution in [3.63, 3.8) is 0 Å². The van der Waals surface area contributed by atoms with Gasteiger partial charge in [-0.1, -0.05) is 48.8 Å². The number of imide groups is 2. The van der Waals surface area contributed by atoms with Crippen LogP contribution in [0.2, 0.25) is 0 Å². The minimum Gasteiger partial charge on any atom is -0.338 e. The molecule has 0 aromatic heterocycles. The molecule has 0 bridgehead atoms. The summed E-state index contributed by atoms with van der Waals surface area (Å²) < 4.78 is 0. The molecule has 0 aliphatic carbocycles. The summed E-state index contributed by atoms with van der Waals surface area (Å²) in [7, 11) is 2.70. The molecule has 0 atom stereocenters. The monoisotopic (exact) mass is 420 g/mol. The molecule has 4 N–H and O–H groups in total. The van der Waals surface area contributed by atoms with E-state index in [1.165, 1.54) is 21.6 Å². The second kappa shape index (κ2) is 16.7. The molecule has 0 heterocycles. The zero-order valence-corrected chi connectivity index (χ0v) is 18.0. The first-order chi connectivity index (χ1) is 12.8. The summed E-state index contributed by atoms with van der Waals surface area (Å²) in [6.45, 7) is 7.14. The third kappa shape index (κ3) is 17.7. The largest absolute Gasteiger partial charge is 0.338 e. The van der Waals surface area contributed by atoms with Crippen LogP contribution in [-0.4, -0.2) is 48.5 Å². The van der Waals surface area contributed by atoms with Crippen molar-refractivity contribution >= 4 is 45.5 Å². The Bertz CT molecular complexity index is 476. The molecule has 0 saturated heterocycles. The van der Waals surface area contributed by atoms with Gasteiger partial charge in [0.05, 0.1) is 5.75 Å². The Morgan fingerprint density at radius 2 is 1.48 bits per heavy atom. The number of carbonyl (C=O) groups is 4. The van der Waals surface area contributed by atoms with Crippen LogP contribution >= 0.6 is 21.6 Å². The van der Waals surface area contributed by atoms with Gasteiger partial charge in [0, 0.05) is 25.3 Å². The van der Waals surface area contributed by atoms with Crippen molar-refractivity contribution in [1.29, 1.82) is 0 Å². The van der Waals surface area contributed by atoms with Crippen LogP contribution < -0.4 is 21.3 Å². The van der Waals surface area contributed by atoms with E-state index in [0.29, 0.717) is 31.2 Å². The number of nitrogens with one attached hydrogen (secondary N) is 4. The fraction of sp³-hybridized carbons (Fsp3) is 0.765. The molecule has 156 valence electrons. The first kappa shape index (κ1) is 25.6. The van der Waals surface area contributed by atoms with E-state index in [0.717, 1.165) is 25.7 Å².